The van der Waals surface area contributed by atoms with Crippen LogP contribution in [-0.4, -0.2) is 17.1 Å². The lowest BCUT2D eigenvalue weighted by Gasteiger charge is -2.04. The molecule has 0 spiro atoms. The largest absolute Gasteiger partial charge is 0.495 e. The van der Waals surface area contributed by atoms with Crippen LogP contribution in [0.1, 0.15) is 5.56 Å². The molecular weight excluding hydrogens is 218 g/mol. The topological polar surface area (TPSA) is 78.8 Å². The smallest absolute Gasteiger partial charge is 0.274 e. The second-order valence-electron chi connectivity index (χ2n) is 3.29. The number of aromatic amines is 1. The fraction of sp³-hybridized carbons (Fsp3) is 0.0833. The zero-order valence-corrected chi connectivity index (χ0v) is 9.10. The van der Waals surface area contributed by atoms with Crippen LogP contribution in [0.25, 0.3) is 11.3 Å². The van der Waals surface area contributed by atoms with E-state index in [-0.39, 0.29) is 11.3 Å². The Kier molecular flexibility index (Phi) is 2.88. The predicted molar refractivity (Wildman–Crippen MR) is 61.6 cm³/mol. The summed E-state index contributed by atoms with van der Waals surface area (Å²) in [5.41, 5.74) is 0.951. The molecule has 84 valence electrons. The molecule has 5 heteroatoms. The molecule has 1 heterocycles. The summed E-state index contributed by atoms with van der Waals surface area (Å²) < 4.78 is 5.03. The van der Waals surface area contributed by atoms with E-state index in [1.54, 1.807) is 18.2 Å². The van der Waals surface area contributed by atoms with Gasteiger partial charge in [-0.3, -0.25) is 4.79 Å². The molecule has 0 fully saturated rings. The number of nitrogens with one attached hydrogen (secondary N) is 1. The molecule has 0 radical (unpaired) electrons. The van der Waals surface area contributed by atoms with Crippen molar-refractivity contribution < 1.29 is 4.74 Å². The fourth-order valence-corrected chi connectivity index (χ4v) is 1.50. The molecule has 17 heavy (non-hydrogen) atoms. The average Bonchev–Trinajstić information content (AvgIpc) is 2.38. The highest BCUT2D eigenvalue weighted by Gasteiger charge is 2.08. The summed E-state index contributed by atoms with van der Waals surface area (Å²) >= 11 is 0. The molecule has 0 saturated heterocycles. The lowest BCUT2D eigenvalue weighted by molar-refractivity contribution is 0.413. The second-order valence-corrected chi connectivity index (χ2v) is 3.29. The Morgan fingerprint density at radius 3 is 2.94 bits per heavy atom. The van der Waals surface area contributed by atoms with E-state index in [4.69, 9.17) is 10.00 Å². The zero-order chi connectivity index (χ0) is 12.3. The van der Waals surface area contributed by atoms with Crippen LogP contribution in [0, 0.1) is 11.3 Å². The van der Waals surface area contributed by atoms with Crippen molar-refractivity contribution in [3.63, 3.8) is 0 Å². The minimum atomic E-state index is -0.290. The van der Waals surface area contributed by atoms with Crippen molar-refractivity contribution in [2.24, 2.45) is 0 Å². The summed E-state index contributed by atoms with van der Waals surface area (Å²) in [5, 5.41) is 8.95. The van der Waals surface area contributed by atoms with Gasteiger partial charge in [0, 0.05) is 18.0 Å². The van der Waals surface area contributed by atoms with Crippen LogP contribution in [0.15, 0.2) is 35.4 Å². The maximum Gasteiger partial charge on any atom is 0.274 e. The molecule has 0 amide bonds. The molecule has 2 aromatic rings. The highest BCUT2D eigenvalue weighted by atomic mass is 16.5. The van der Waals surface area contributed by atoms with Crippen LogP contribution < -0.4 is 10.3 Å². The number of ether oxygens (including phenoxy) is 1. The van der Waals surface area contributed by atoms with E-state index in [1.165, 1.54) is 19.5 Å². The van der Waals surface area contributed by atoms with Crippen molar-refractivity contribution in [1.29, 1.82) is 5.26 Å². The Morgan fingerprint density at radius 2 is 2.29 bits per heavy atom. The molecule has 0 atom stereocenters. The normalized spacial score (nSPS) is 9.65. The van der Waals surface area contributed by atoms with Crippen LogP contribution in [-0.2, 0) is 0 Å². The summed E-state index contributed by atoms with van der Waals surface area (Å²) in [4.78, 5) is 18.1. The van der Waals surface area contributed by atoms with Gasteiger partial charge in [0.1, 0.15) is 17.5 Å². The Hall–Kier alpha value is -2.61. The number of rotatable bonds is 2. The Labute approximate surface area is 97.3 Å². The van der Waals surface area contributed by atoms with Crippen LogP contribution in [0.4, 0.5) is 0 Å². The van der Waals surface area contributed by atoms with E-state index < -0.39 is 0 Å². The molecule has 0 aliphatic carbocycles. The van der Waals surface area contributed by atoms with E-state index in [1.807, 2.05) is 6.07 Å². The number of H-pyrrole nitrogens is 1. The molecule has 0 aliphatic heterocycles. The standard InChI is InChI=1S/C12H9N3O2/c1-17-10-3-2-8(6-9(10)7-13)11-12(16)15-5-4-14-11/h2-6H,1H3,(H,15,16). The molecule has 1 aromatic heterocycles. The van der Waals surface area contributed by atoms with Crippen molar-refractivity contribution >= 4 is 0 Å². The number of hydrogen-bond acceptors (Lipinski definition) is 4. The number of nitriles is 1. The van der Waals surface area contributed by atoms with E-state index in [0.29, 0.717) is 16.9 Å². The maximum atomic E-state index is 11.5. The van der Waals surface area contributed by atoms with Gasteiger partial charge >= 0.3 is 0 Å². The van der Waals surface area contributed by atoms with Gasteiger partial charge in [0.15, 0.2) is 0 Å². The lowest BCUT2D eigenvalue weighted by atomic mass is 10.1. The number of benzene rings is 1. The fourth-order valence-electron chi connectivity index (χ4n) is 1.50. The molecular formula is C12H9N3O2. The Bertz CT molecular complexity index is 641. The second kappa shape index (κ2) is 4.49. The summed E-state index contributed by atoms with van der Waals surface area (Å²) in [6.45, 7) is 0. The Morgan fingerprint density at radius 1 is 1.47 bits per heavy atom. The van der Waals surface area contributed by atoms with Gasteiger partial charge in [0.25, 0.3) is 5.56 Å². The SMILES string of the molecule is COc1ccc(-c2ncc[nH]c2=O)cc1C#N. The highest BCUT2D eigenvalue weighted by Crippen LogP contribution is 2.22. The van der Waals surface area contributed by atoms with Crippen LogP contribution in [0.5, 0.6) is 5.75 Å². The first-order valence-electron chi connectivity index (χ1n) is 4.88. The summed E-state index contributed by atoms with van der Waals surface area (Å²) in [7, 11) is 1.49. The predicted octanol–water partition coefficient (Wildman–Crippen LogP) is 1.32. The zero-order valence-electron chi connectivity index (χ0n) is 9.10. The third-order valence-electron chi connectivity index (χ3n) is 2.30. The lowest BCUT2D eigenvalue weighted by Crippen LogP contribution is -2.09. The molecule has 0 aliphatic rings. The first-order chi connectivity index (χ1) is 8.26. The molecule has 0 bridgehead atoms. The summed E-state index contributed by atoms with van der Waals surface area (Å²) in [5.74, 6) is 0.476. The summed E-state index contributed by atoms with van der Waals surface area (Å²) in [6, 6.07) is 6.92. The van der Waals surface area contributed by atoms with Gasteiger partial charge in [-0.1, -0.05) is 0 Å². The molecule has 1 N–H and O–H groups in total. The van der Waals surface area contributed by atoms with Gasteiger partial charge in [-0.05, 0) is 18.2 Å². The van der Waals surface area contributed by atoms with E-state index in [9.17, 15) is 4.79 Å². The molecule has 2 rings (SSSR count). The van der Waals surface area contributed by atoms with Crippen molar-refractivity contribution in [1.82, 2.24) is 9.97 Å². The first kappa shape index (κ1) is 10.9. The van der Waals surface area contributed by atoms with Crippen molar-refractivity contribution in [2.45, 2.75) is 0 Å². The van der Waals surface area contributed by atoms with Crippen LogP contribution in [0.2, 0.25) is 0 Å². The number of nitrogens with zero attached hydrogens (tertiary/aromatic N) is 2. The van der Waals surface area contributed by atoms with Gasteiger partial charge in [-0.25, -0.2) is 4.98 Å². The average molecular weight is 227 g/mol. The minimum Gasteiger partial charge on any atom is -0.495 e. The minimum absolute atomic E-state index is 0.284. The van der Waals surface area contributed by atoms with Crippen molar-refractivity contribution in [3.05, 3.63) is 46.5 Å². The van der Waals surface area contributed by atoms with Gasteiger partial charge in [-0.2, -0.15) is 5.26 Å². The molecule has 5 nitrogen and oxygen atoms in total. The first-order valence-corrected chi connectivity index (χ1v) is 4.88. The van der Waals surface area contributed by atoms with Gasteiger partial charge in [-0.15, -0.1) is 0 Å². The van der Waals surface area contributed by atoms with Gasteiger partial charge < -0.3 is 9.72 Å². The number of hydrogen-bond donors (Lipinski definition) is 1. The van der Waals surface area contributed by atoms with E-state index >= 15 is 0 Å². The van der Waals surface area contributed by atoms with Gasteiger partial charge in [0.2, 0.25) is 0 Å². The number of methoxy groups -OCH3 is 1. The molecule has 1 aromatic carbocycles. The Balaban J connectivity index is 2.60. The highest BCUT2D eigenvalue weighted by molar-refractivity contribution is 5.63. The van der Waals surface area contributed by atoms with E-state index in [0.717, 1.165) is 0 Å². The maximum absolute atomic E-state index is 11.5. The van der Waals surface area contributed by atoms with Crippen molar-refractivity contribution in [2.75, 3.05) is 7.11 Å². The quantitative estimate of drug-likeness (QED) is 0.839. The van der Waals surface area contributed by atoms with E-state index in [2.05, 4.69) is 9.97 Å². The molecule has 0 saturated carbocycles. The van der Waals surface area contributed by atoms with Gasteiger partial charge in [0.05, 0.1) is 12.7 Å². The van der Waals surface area contributed by atoms with Crippen LogP contribution >= 0.6 is 0 Å². The third kappa shape index (κ3) is 2.01. The monoisotopic (exact) mass is 227 g/mol. The number of aromatic nitrogens is 2. The van der Waals surface area contributed by atoms with Crippen LogP contribution in [0.3, 0.4) is 0 Å². The summed E-state index contributed by atoms with van der Waals surface area (Å²) in [6.07, 6.45) is 2.95. The molecule has 0 unspecified atom stereocenters. The van der Waals surface area contributed by atoms with Crippen molar-refractivity contribution in [3.8, 4) is 23.1 Å². The third-order valence-corrected chi connectivity index (χ3v) is 2.30.